The van der Waals surface area contributed by atoms with E-state index >= 15 is 0 Å². The molecule has 1 heterocycles. The lowest BCUT2D eigenvalue weighted by Crippen LogP contribution is -2.61. The molecule has 8 unspecified atom stereocenters. The lowest BCUT2D eigenvalue weighted by atomic mass is 9.99. The third kappa shape index (κ3) is 40.5. The van der Waals surface area contributed by atoms with Crippen molar-refractivity contribution in [1.82, 2.24) is 5.32 Å². The molecule has 6 N–H and O–H groups in total. The molecule has 0 aromatic heterocycles. The number of unbranched alkanes of at least 4 members (excludes halogenated alkanes) is 35. The smallest absolute Gasteiger partial charge is 0.306 e. The maximum atomic E-state index is 13.4. The van der Waals surface area contributed by atoms with Gasteiger partial charge in [-0.15, -0.1) is 0 Å². The molecule has 0 spiro atoms. The van der Waals surface area contributed by atoms with E-state index in [0.29, 0.717) is 12.8 Å². The summed E-state index contributed by atoms with van der Waals surface area (Å²) in [6.45, 7) is 5.65. The van der Waals surface area contributed by atoms with E-state index in [2.05, 4.69) is 38.2 Å². The van der Waals surface area contributed by atoms with Crippen LogP contribution < -0.4 is 5.32 Å². The van der Waals surface area contributed by atoms with Crippen molar-refractivity contribution in [3.63, 3.8) is 0 Å². The zero-order chi connectivity index (χ0) is 54.7. The highest BCUT2D eigenvalue weighted by molar-refractivity contribution is 5.80. The third-order valence-corrected chi connectivity index (χ3v) is 14.8. The Morgan fingerprint density at radius 2 is 0.960 bits per heavy atom. The Hall–Kier alpha value is -2.38. The molecule has 8 atom stereocenters. The van der Waals surface area contributed by atoms with E-state index in [1.54, 1.807) is 6.08 Å². The molecule has 0 aliphatic carbocycles. The Morgan fingerprint density at radius 1 is 0.533 bits per heavy atom. The van der Waals surface area contributed by atoms with Crippen LogP contribution in [0.1, 0.15) is 284 Å². The average Bonchev–Trinajstić information content (AvgIpc) is 3.41. The van der Waals surface area contributed by atoms with Crippen LogP contribution in [0.15, 0.2) is 48.6 Å². The SMILES string of the molecule is CC/C=C/C=C/C=C\CCCCCCC(O)C(=O)NC(COC1OC(CO)C(O)C(O)C1OC(=O)CCCCCCCCCCCCCCCCCCCCCCCCC)C(O)/C=C/CCCCCCCCCCC. The van der Waals surface area contributed by atoms with E-state index in [9.17, 15) is 35.1 Å². The van der Waals surface area contributed by atoms with Crippen LogP contribution in [0.3, 0.4) is 0 Å². The van der Waals surface area contributed by atoms with Crippen LogP contribution in [-0.4, -0.2) is 99.6 Å². The van der Waals surface area contributed by atoms with Crippen LogP contribution in [0.4, 0.5) is 0 Å². The quantitative estimate of drug-likeness (QED) is 0.0149. The van der Waals surface area contributed by atoms with Gasteiger partial charge in [0.25, 0.3) is 0 Å². The molecule has 1 rings (SSSR count). The second kappa shape index (κ2) is 52.3. The fourth-order valence-electron chi connectivity index (χ4n) is 9.83. The van der Waals surface area contributed by atoms with E-state index in [1.165, 1.54) is 167 Å². The highest BCUT2D eigenvalue weighted by Crippen LogP contribution is 2.26. The van der Waals surface area contributed by atoms with Crippen molar-refractivity contribution >= 4 is 11.9 Å². The Bertz CT molecular complexity index is 1400. The Morgan fingerprint density at radius 3 is 1.43 bits per heavy atom. The standard InChI is InChI=1S/C64H117NO10/c1-4-7-10-13-16-19-22-24-25-26-27-28-29-30-31-32-33-34-37-40-43-46-49-52-59(69)75-62-61(71)60(70)58(53-66)74-64(62)73-54-55(56(67)50-47-44-41-38-35-21-18-15-12-9-6-3)65-63(72)57(68)51-48-45-42-39-36-23-20-17-14-11-8-5-2/h8,11,14,17,20,23,47,50,55-58,60-62,64,66-68,70-71H,4-7,9-10,12-13,15-16,18-19,21-22,24-46,48-49,51-54H2,1-3H3,(H,65,72)/b11-8+,17-14+,23-20-,50-47+. The summed E-state index contributed by atoms with van der Waals surface area (Å²) in [7, 11) is 0. The fourth-order valence-corrected chi connectivity index (χ4v) is 9.83. The molecule has 0 radical (unpaired) electrons. The van der Waals surface area contributed by atoms with Gasteiger partial charge in [0.15, 0.2) is 12.4 Å². The van der Waals surface area contributed by atoms with Crippen LogP contribution in [-0.2, 0) is 23.8 Å². The molecule has 0 aromatic carbocycles. The minimum atomic E-state index is -1.61. The fraction of sp³-hybridized carbons (Fsp3) is 0.844. The monoisotopic (exact) mass is 1060 g/mol. The van der Waals surface area contributed by atoms with Gasteiger partial charge in [-0.2, -0.15) is 0 Å². The van der Waals surface area contributed by atoms with E-state index in [-0.39, 0.29) is 19.4 Å². The highest BCUT2D eigenvalue weighted by atomic mass is 16.7. The Labute approximate surface area is 459 Å². The second-order valence-electron chi connectivity index (χ2n) is 21.8. The molecule has 0 saturated carbocycles. The molecule has 11 nitrogen and oxygen atoms in total. The van der Waals surface area contributed by atoms with Crippen molar-refractivity contribution in [1.29, 1.82) is 0 Å². The largest absolute Gasteiger partial charge is 0.454 e. The zero-order valence-corrected chi connectivity index (χ0v) is 48.4. The predicted octanol–water partition coefficient (Wildman–Crippen LogP) is 14.8. The third-order valence-electron chi connectivity index (χ3n) is 14.8. The van der Waals surface area contributed by atoms with Crippen molar-refractivity contribution in [3.05, 3.63) is 48.6 Å². The number of carbonyl (C=O) groups is 2. The minimum Gasteiger partial charge on any atom is -0.454 e. The van der Waals surface area contributed by atoms with Gasteiger partial charge < -0.3 is 45.1 Å². The summed E-state index contributed by atoms with van der Waals surface area (Å²) in [5.74, 6) is -1.21. The first-order chi connectivity index (χ1) is 36.7. The Balaban J connectivity index is 2.59. The lowest BCUT2D eigenvalue weighted by molar-refractivity contribution is -0.305. The number of carbonyl (C=O) groups excluding carboxylic acids is 2. The van der Waals surface area contributed by atoms with Gasteiger partial charge in [0.1, 0.15) is 24.4 Å². The molecule has 75 heavy (non-hydrogen) atoms. The number of esters is 1. The van der Waals surface area contributed by atoms with Crippen LogP contribution in [0, 0.1) is 0 Å². The number of ether oxygens (including phenoxy) is 3. The van der Waals surface area contributed by atoms with Gasteiger partial charge in [-0.25, -0.2) is 0 Å². The van der Waals surface area contributed by atoms with Gasteiger partial charge in [0.05, 0.1) is 25.4 Å². The number of amides is 1. The number of hydrogen-bond acceptors (Lipinski definition) is 10. The first-order valence-electron chi connectivity index (χ1n) is 31.4. The molecule has 0 aromatic rings. The van der Waals surface area contributed by atoms with Gasteiger partial charge in [-0.3, -0.25) is 9.59 Å². The molecular weight excluding hydrogens is 943 g/mol. The van der Waals surface area contributed by atoms with Crippen molar-refractivity contribution in [2.24, 2.45) is 0 Å². The molecule has 438 valence electrons. The topological polar surface area (TPSA) is 175 Å². The maximum Gasteiger partial charge on any atom is 0.306 e. The van der Waals surface area contributed by atoms with Gasteiger partial charge in [-0.05, 0) is 44.9 Å². The summed E-state index contributed by atoms with van der Waals surface area (Å²) < 4.78 is 17.6. The van der Waals surface area contributed by atoms with E-state index in [0.717, 1.165) is 70.6 Å². The molecule has 11 heteroatoms. The van der Waals surface area contributed by atoms with Crippen molar-refractivity contribution in [3.8, 4) is 0 Å². The maximum absolute atomic E-state index is 13.4. The van der Waals surface area contributed by atoms with Crippen molar-refractivity contribution in [2.75, 3.05) is 13.2 Å². The second-order valence-corrected chi connectivity index (χ2v) is 21.8. The van der Waals surface area contributed by atoms with E-state index in [1.807, 2.05) is 30.4 Å². The average molecular weight is 1060 g/mol. The van der Waals surface area contributed by atoms with Gasteiger partial charge in [-0.1, -0.05) is 281 Å². The number of hydrogen-bond donors (Lipinski definition) is 6. The number of nitrogens with one attached hydrogen (secondary N) is 1. The van der Waals surface area contributed by atoms with Crippen molar-refractivity contribution < 1.29 is 49.3 Å². The normalized spacial score (nSPS) is 19.5. The summed E-state index contributed by atoms with van der Waals surface area (Å²) in [6, 6.07) is -1.03. The summed E-state index contributed by atoms with van der Waals surface area (Å²) in [4.78, 5) is 26.5. The molecule has 1 saturated heterocycles. The molecule has 0 bridgehead atoms. The van der Waals surface area contributed by atoms with Crippen LogP contribution in [0.5, 0.6) is 0 Å². The zero-order valence-electron chi connectivity index (χ0n) is 48.4. The molecule has 1 fully saturated rings. The Kier molecular flexibility index (Phi) is 49.3. The summed E-state index contributed by atoms with van der Waals surface area (Å²) >= 11 is 0. The number of aliphatic hydroxyl groups excluding tert-OH is 5. The molecule has 1 amide bonds. The minimum absolute atomic E-state index is 0.125. The lowest BCUT2D eigenvalue weighted by Gasteiger charge is -2.41. The molecular formula is C64H117NO10. The summed E-state index contributed by atoms with van der Waals surface area (Å²) in [6.07, 6.45) is 53.2. The summed E-state index contributed by atoms with van der Waals surface area (Å²) in [5, 5.41) is 56.8. The number of allylic oxidation sites excluding steroid dienone is 7. The van der Waals surface area contributed by atoms with Gasteiger partial charge in [0, 0.05) is 6.42 Å². The van der Waals surface area contributed by atoms with Crippen LogP contribution >= 0.6 is 0 Å². The molecule has 1 aliphatic rings. The summed E-state index contributed by atoms with van der Waals surface area (Å²) in [5.41, 5.74) is 0. The first-order valence-corrected chi connectivity index (χ1v) is 31.4. The van der Waals surface area contributed by atoms with Crippen LogP contribution in [0.25, 0.3) is 0 Å². The van der Waals surface area contributed by atoms with Crippen molar-refractivity contribution in [2.45, 2.75) is 333 Å². The van der Waals surface area contributed by atoms with E-state index < -0.39 is 67.4 Å². The predicted molar refractivity (Wildman–Crippen MR) is 310 cm³/mol. The first kappa shape index (κ1) is 70.6. The van der Waals surface area contributed by atoms with Gasteiger partial charge in [0.2, 0.25) is 5.91 Å². The number of aliphatic hydroxyl groups is 5. The van der Waals surface area contributed by atoms with Gasteiger partial charge >= 0.3 is 5.97 Å². The van der Waals surface area contributed by atoms with Crippen LogP contribution in [0.2, 0.25) is 0 Å². The van der Waals surface area contributed by atoms with E-state index in [4.69, 9.17) is 14.2 Å². The number of rotatable bonds is 53. The molecule has 1 aliphatic heterocycles. The highest BCUT2D eigenvalue weighted by Gasteiger charge is 2.47.